The highest BCUT2D eigenvalue weighted by Gasteiger charge is 2.46. The van der Waals surface area contributed by atoms with E-state index in [1.165, 1.54) is 26.4 Å². The molecule has 3 aliphatic heterocycles. The number of piperidine rings is 1. The van der Waals surface area contributed by atoms with Gasteiger partial charge in [-0.3, -0.25) is 9.59 Å². The number of carbonyl (C=O) groups is 2. The summed E-state index contributed by atoms with van der Waals surface area (Å²) in [7, 11) is 1.47. The molecule has 0 aliphatic carbocycles. The number of benzene rings is 1. The van der Waals surface area contributed by atoms with Gasteiger partial charge in [0.05, 0.1) is 19.1 Å². The van der Waals surface area contributed by atoms with E-state index in [2.05, 4.69) is 15.5 Å². The number of rotatable bonds is 9. The lowest BCUT2D eigenvalue weighted by Gasteiger charge is -2.37. The smallest absolute Gasteiger partial charge is 0.250 e. The highest BCUT2D eigenvalue weighted by atomic mass is 16.6. The monoisotopic (exact) mass is 461 g/mol. The molecular weight excluding hydrogens is 426 g/mol. The van der Waals surface area contributed by atoms with Gasteiger partial charge in [0.25, 0.3) is 0 Å². The number of fused-ring (bicyclic) bond motifs is 3. The highest BCUT2D eigenvalue weighted by molar-refractivity contribution is 5.91. The molecule has 2 fully saturated rings. The van der Waals surface area contributed by atoms with Crippen LogP contribution in [0.5, 0.6) is 5.75 Å². The topological polar surface area (TPSA) is 109 Å². The molecule has 0 radical (unpaired) electrons. The number of likely N-dealkylation sites (tertiary alicyclic amines) is 1. The van der Waals surface area contributed by atoms with E-state index in [1.807, 2.05) is 12.1 Å². The molecule has 1 aromatic rings. The van der Waals surface area contributed by atoms with E-state index in [1.54, 1.807) is 6.07 Å². The second kappa shape index (κ2) is 11.3. The van der Waals surface area contributed by atoms with Crippen LogP contribution in [-0.2, 0) is 19.1 Å². The number of nitrogens with one attached hydrogen (secondary N) is 2. The largest absolute Gasteiger partial charge is 0.487 e. The lowest BCUT2D eigenvalue weighted by atomic mass is 9.84. The summed E-state index contributed by atoms with van der Waals surface area (Å²) >= 11 is 0. The second-order valence-corrected chi connectivity index (χ2v) is 9.09. The van der Waals surface area contributed by atoms with Gasteiger partial charge in [0.15, 0.2) is 0 Å². The van der Waals surface area contributed by atoms with Crippen LogP contribution in [0.1, 0.15) is 43.6 Å². The van der Waals surface area contributed by atoms with Crippen molar-refractivity contribution in [2.45, 2.75) is 56.3 Å². The quantitative estimate of drug-likeness (QED) is 0.508. The molecule has 9 heteroatoms. The van der Waals surface area contributed by atoms with Gasteiger partial charge in [-0.1, -0.05) is 6.42 Å². The second-order valence-electron chi connectivity index (χ2n) is 9.09. The van der Waals surface area contributed by atoms with Crippen LogP contribution in [0.25, 0.3) is 0 Å². The molecule has 0 aromatic heterocycles. The maximum atomic E-state index is 12.6. The number of amides is 2. The molecule has 2 amide bonds. The molecular formula is C24H35N3O6. The highest BCUT2D eigenvalue weighted by Crippen LogP contribution is 2.47. The molecule has 4 atom stereocenters. The Bertz CT molecular complexity index is 828. The summed E-state index contributed by atoms with van der Waals surface area (Å²) in [5.41, 5.74) is 1.63. The van der Waals surface area contributed by atoms with Gasteiger partial charge in [-0.2, -0.15) is 0 Å². The Kier molecular flexibility index (Phi) is 8.19. The zero-order chi connectivity index (χ0) is 23.2. The van der Waals surface area contributed by atoms with Gasteiger partial charge in [-0.05, 0) is 50.6 Å². The number of anilines is 1. The SMILES string of the molecule is COCC(=O)Nc1ccc2c(c1)[C@H]1C[C@H](CC(=O)NCCN3CCCCC3)O[C@@H](CO)[C@H]1O2. The summed E-state index contributed by atoms with van der Waals surface area (Å²) < 4.78 is 17.0. The van der Waals surface area contributed by atoms with Gasteiger partial charge in [0, 0.05) is 37.4 Å². The molecule has 4 rings (SSSR count). The first-order valence-corrected chi connectivity index (χ1v) is 11.9. The Morgan fingerprint density at radius 3 is 2.79 bits per heavy atom. The number of carbonyl (C=O) groups excluding carboxylic acids is 2. The third-order valence-electron chi connectivity index (χ3n) is 6.67. The molecule has 0 spiro atoms. The van der Waals surface area contributed by atoms with E-state index in [9.17, 15) is 14.7 Å². The minimum absolute atomic E-state index is 0.0173. The Hall–Kier alpha value is -2.20. The summed E-state index contributed by atoms with van der Waals surface area (Å²) in [4.78, 5) is 26.8. The van der Waals surface area contributed by atoms with Crippen molar-refractivity contribution in [2.24, 2.45) is 0 Å². The number of hydrogen-bond donors (Lipinski definition) is 3. The number of nitrogens with zero attached hydrogens (tertiary/aromatic N) is 1. The average Bonchev–Trinajstić information content (AvgIpc) is 3.17. The van der Waals surface area contributed by atoms with Crippen LogP contribution in [0.2, 0.25) is 0 Å². The van der Waals surface area contributed by atoms with E-state index < -0.39 is 6.10 Å². The van der Waals surface area contributed by atoms with E-state index in [4.69, 9.17) is 14.2 Å². The van der Waals surface area contributed by atoms with Crippen LogP contribution in [0.3, 0.4) is 0 Å². The third-order valence-corrected chi connectivity index (χ3v) is 6.67. The van der Waals surface area contributed by atoms with E-state index in [0.29, 0.717) is 18.7 Å². The number of aliphatic hydroxyl groups excluding tert-OH is 1. The Labute approximate surface area is 194 Å². The lowest BCUT2D eigenvalue weighted by Crippen LogP contribution is -2.47. The molecule has 0 unspecified atom stereocenters. The molecule has 3 aliphatic rings. The van der Waals surface area contributed by atoms with Crippen LogP contribution in [-0.4, -0.2) is 86.6 Å². The fraction of sp³-hybridized carbons (Fsp3) is 0.667. The number of ether oxygens (including phenoxy) is 3. The Morgan fingerprint density at radius 2 is 2.03 bits per heavy atom. The molecule has 0 bridgehead atoms. The van der Waals surface area contributed by atoms with Crippen LogP contribution >= 0.6 is 0 Å². The molecule has 0 saturated carbocycles. The minimum atomic E-state index is -0.506. The van der Waals surface area contributed by atoms with Gasteiger partial charge < -0.3 is 34.9 Å². The number of hydrogen-bond acceptors (Lipinski definition) is 7. The molecule has 33 heavy (non-hydrogen) atoms. The first-order chi connectivity index (χ1) is 16.1. The standard InChI is InChI=1S/C24H35N3O6/c1-31-15-23(30)26-16-5-6-20-18(11-16)19-12-17(32-21(14-28)24(19)33-20)13-22(29)25-7-10-27-8-3-2-4-9-27/h5-6,11,17,19,21,24,28H,2-4,7-10,12-15H2,1H3,(H,25,29)(H,26,30)/t17-,19-,21+,24+/m1/s1. The summed E-state index contributed by atoms with van der Waals surface area (Å²) in [6.45, 7) is 3.53. The van der Waals surface area contributed by atoms with Crippen LogP contribution < -0.4 is 15.4 Å². The van der Waals surface area contributed by atoms with E-state index in [-0.39, 0.29) is 49.6 Å². The molecule has 3 heterocycles. The van der Waals surface area contributed by atoms with Gasteiger partial charge in [-0.15, -0.1) is 0 Å². The first kappa shape index (κ1) is 23.9. The fourth-order valence-electron chi connectivity index (χ4n) is 5.11. The molecule has 3 N–H and O–H groups in total. The predicted octanol–water partition coefficient (Wildman–Crippen LogP) is 1.26. The summed E-state index contributed by atoms with van der Waals surface area (Å²) in [6.07, 6.45) is 3.50. The van der Waals surface area contributed by atoms with Crippen molar-refractivity contribution in [1.29, 1.82) is 0 Å². The number of methoxy groups -OCH3 is 1. The van der Waals surface area contributed by atoms with Crippen molar-refractivity contribution in [2.75, 3.05) is 51.8 Å². The minimum Gasteiger partial charge on any atom is -0.487 e. The lowest BCUT2D eigenvalue weighted by molar-refractivity contribution is -0.142. The zero-order valence-electron chi connectivity index (χ0n) is 19.3. The third kappa shape index (κ3) is 6.03. The Balaban J connectivity index is 1.35. The van der Waals surface area contributed by atoms with Crippen molar-refractivity contribution in [3.63, 3.8) is 0 Å². The summed E-state index contributed by atoms with van der Waals surface area (Å²) in [6, 6.07) is 5.52. The molecule has 182 valence electrons. The summed E-state index contributed by atoms with van der Waals surface area (Å²) in [5, 5.41) is 15.7. The van der Waals surface area contributed by atoms with Crippen LogP contribution in [0, 0.1) is 0 Å². The Morgan fingerprint density at radius 1 is 1.21 bits per heavy atom. The first-order valence-electron chi connectivity index (χ1n) is 11.9. The van der Waals surface area contributed by atoms with Gasteiger partial charge in [-0.25, -0.2) is 0 Å². The van der Waals surface area contributed by atoms with Gasteiger partial charge in [0.1, 0.15) is 24.6 Å². The van der Waals surface area contributed by atoms with Crippen molar-refractivity contribution < 1.29 is 28.9 Å². The van der Waals surface area contributed by atoms with Crippen LogP contribution in [0.4, 0.5) is 5.69 Å². The maximum Gasteiger partial charge on any atom is 0.250 e. The van der Waals surface area contributed by atoms with Crippen LogP contribution in [0.15, 0.2) is 18.2 Å². The fourth-order valence-corrected chi connectivity index (χ4v) is 5.11. The normalized spacial score (nSPS) is 26.7. The summed E-state index contributed by atoms with van der Waals surface area (Å²) in [5.74, 6) is 0.443. The maximum absolute atomic E-state index is 12.6. The van der Waals surface area contributed by atoms with E-state index >= 15 is 0 Å². The van der Waals surface area contributed by atoms with Crippen molar-refractivity contribution in [3.8, 4) is 5.75 Å². The van der Waals surface area contributed by atoms with E-state index in [0.717, 1.165) is 30.9 Å². The van der Waals surface area contributed by atoms with Crippen molar-refractivity contribution >= 4 is 17.5 Å². The number of aliphatic hydroxyl groups is 1. The predicted molar refractivity (Wildman–Crippen MR) is 122 cm³/mol. The van der Waals surface area contributed by atoms with Crippen molar-refractivity contribution in [1.82, 2.24) is 10.2 Å². The van der Waals surface area contributed by atoms with Gasteiger partial charge in [0.2, 0.25) is 11.8 Å². The molecule has 9 nitrogen and oxygen atoms in total. The van der Waals surface area contributed by atoms with Crippen molar-refractivity contribution in [3.05, 3.63) is 23.8 Å². The molecule has 2 saturated heterocycles. The molecule has 1 aromatic carbocycles. The average molecular weight is 462 g/mol. The zero-order valence-corrected chi connectivity index (χ0v) is 19.3. The van der Waals surface area contributed by atoms with Gasteiger partial charge >= 0.3 is 0 Å².